The van der Waals surface area contributed by atoms with Crippen molar-refractivity contribution in [2.24, 2.45) is 34.0 Å². The van der Waals surface area contributed by atoms with Crippen molar-refractivity contribution >= 4 is 11.9 Å². The molecule has 0 aromatic rings. The molecule has 2 unspecified atom stereocenters. The number of esters is 1. The van der Waals surface area contributed by atoms with Gasteiger partial charge in [0.2, 0.25) is 0 Å². The molecule has 1 fully saturated rings. The van der Waals surface area contributed by atoms with Crippen LogP contribution in [0.3, 0.4) is 0 Å². The Labute approximate surface area is 220 Å². The zero-order chi connectivity index (χ0) is 27.5. The lowest BCUT2D eigenvalue weighted by Crippen LogP contribution is -2.60. The fourth-order valence-electron chi connectivity index (χ4n) is 7.99. The van der Waals surface area contributed by atoms with Crippen molar-refractivity contribution in [3.8, 4) is 0 Å². The molecule has 0 heterocycles. The fraction of sp³-hybridized carbons (Fsp3) is 0.613. The van der Waals surface area contributed by atoms with E-state index in [0.717, 1.165) is 11.1 Å². The molecule has 4 rings (SSSR count). The number of rotatable bonds is 5. The second-order valence-corrected chi connectivity index (χ2v) is 12.4. The first kappa shape index (κ1) is 27.6. The Hall–Kier alpha value is -2.44. The van der Waals surface area contributed by atoms with Gasteiger partial charge in [-0.15, -0.1) is 0 Å². The summed E-state index contributed by atoms with van der Waals surface area (Å²) in [7, 11) is 0. The van der Waals surface area contributed by atoms with Crippen molar-refractivity contribution in [3.63, 3.8) is 0 Å². The van der Waals surface area contributed by atoms with E-state index >= 15 is 0 Å². The molecule has 0 saturated heterocycles. The van der Waals surface area contributed by atoms with Crippen LogP contribution in [-0.2, 0) is 14.3 Å². The Morgan fingerprint density at radius 1 is 1.08 bits per heavy atom. The van der Waals surface area contributed by atoms with Gasteiger partial charge < -0.3 is 20.1 Å². The molecule has 6 nitrogen and oxygen atoms in total. The molecule has 9 atom stereocenters. The number of aliphatic hydroxyl groups excluding tert-OH is 2. The van der Waals surface area contributed by atoms with E-state index in [9.17, 15) is 24.9 Å². The first-order valence-electron chi connectivity index (χ1n) is 13.4. The quantitative estimate of drug-likeness (QED) is 0.269. The van der Waals surface area contributed by atoms with Gasteiger partial charge in [0.25, 0.3) is 0 Å². The van der Waals surface area contributed by atoms with Crippen LogP contribution >= 0.6 is 0 Å². The summed E-state index contributed by atoms with van der Waals surface area (Å²) in [5.41, 5.74) is 1.15. The maximum Gasteiger partial charge on any atom is 0.331 e. The summed E-state index contributed by atoms with van der Waals surface area (Å²) >= 11 is 0. The van der Waals surface area contributed by atoms with Gasteiger partial charge >= 0.3 is 11.9 Å². The van der Waals surface area contributed by atoms with Crippen LogP contribution in [0.4, 0.5) is 0 Å². The number of fused-ring (bicyclic) bond motifs is 5. The fourth-order valence-corrected chi connectivity index (χ4v) is 7.99. The zero-order valence-corrected chi connectivity index (χ0v) is 23.1. The van der Waals surface area contributed by atoms with Gasteiger partial charge in [-0.1, -0.05) is 69.7 Å². The van der Waals surface area contributed by atoms with E-state index in [1.165, 1.54) is 6.92 Å². The van der Waals surface area contributed by atoms with Crippen LogP contribution in [0.2, 0.25) is 0 Å². The number of aliphatic carboxylic acids is 1. The lowest BCUT2D eigenvalue weighted by molar-refractivity contribution is -0.146. The van der Waals surface area contributed by atoms with Gasteiger partial charge in [-0.3, -0.25) is 4.79 Å². The minimum Gasteiger partial charge on any atom is -0.478 e. The van der Waals surface area contributed by atoms with Gasteiger partial charge in [0.05, 0.1) is 12.2 Å². The maximum atomic E-state index is 12.6. The van der Waals surface area contributed by atoms with E-state index in [1.807, 2.05) is 39.0 Å². The molecule has 37 heavy (non-hydrogen) atoms. The number of allylic oxidation sites excluding steroid dienone is 5. The molecule has 4 aliphatic rings. The Bertz CT molecular complexity index is 1140. The summed E-state index contributed by atoms with van der Waals surface area (Å²) in [6, 6.07) is 0. The number of carboxylic acids is 1. The highest BCUT2D eigenvalue weighted by Crippen LogP contribution is 2.70. The standard InChI is InChI=1S/C31H42O6/c1-17(2)9-8-10-20(28(35)36)26-22-15-24(34)27-29(5)13-12-23(33)18(3)21(29)11-14-30(27,6)31(22,7)16-25(26)37-19(4)32/h9,11-15,18,21,23-25,27,33-34H,8,10,16H2,1-7H3,(H,35,36)/b26-20-/t18-,21?,23-,24-,25+,27?,29+,30+,31+/m1/s1. The number of ether oxygens (including phenoxy) is 1. The summed E-state index contributed by atoms with van der Waals surface area (Å²) in [5, 5.41) is 32.6. The highest BCUT2D eigenvalue weighted by Gasteiger charge is 2.66. The molecule has 0 radical (unpaired) electrons. The van der Waals surface area contributed by atoms with Gasteiger partial charge in [0.15, 0.2) is 0 Å². The van der Waals surface area contributed by atoms with Crippen LogP contribution in [0.5, 0.6) is 0 Å². The number of aliphatic hydroxyl groups is 2. The smallest absolute Gasteiger partial charge is 0.331 e. The summed E-state index contributed by atoms with van der Waals surface area (Å²) < 4.78 is 5.79. The second kappa shape index (κ2) is 9.39. The SMILES string of the molecule is CC(=O)O[C@H]1C[C@@]2(C)C(=C[C@@H](O)C3[C@@]4(C)C=C[C@@H](O)[C@H](C)C4C=C[C@@]32C)/C1=C(\CCC=C(C)C)C(=O)O. The van der Waals surface area contributed by atoms with Crippen molar-refractivity contribution in [1.82, 2.24) is 0 Å². The molecule has 6 heteroatoms. The molecule has 0 spiro atoms. The molecule has 202 valence electrons. The number of carbonyl (C=O) groups is 2. The molecule has 3 N–H and O–H groups in total. The molecule has 0 bridgehead atoms. The van der Waals surface area contributed by atoms with E-state index in [0.29, 0.717) is 24.8 Å². The molecule has 1 saturated carbocycles. The summed E-state index contributed by atoms with van der Waals surface area (Å²) in [6.07, 6.45) is 11.4. The van der Waals surface area contributed by atoms with Crippen LogP contribution < -0.4 is 0 Å². The van der Waals surface area contributed by atoms with E-state index in [4.69, 9.17) is 4.74 Å². The highest BCUT2D eigenvalue weighted by atomic mass is 16.5. The summed E-state index contributed by atoms with van der Waals surface area (Å²) in [5.74, 6) is -1.62. The first-order chi connectivity index (χ1) is 17.2. The van der Waals surface area contributed by atoms with Crippen LogP contribution in [-0.4, -0.2) is 45.6 Å². The van der Waals surface area contributed by atoms with Crippen molar-refractivity contribution in [1.29, 1.82) is 0 Å². The molecule has 0 aromatic carbocycles. The molecule has 0 amide bonds. The van der Waals surface area contributed by atoms with Crippen LogP contribution in [0, 0.1) is 34.0 Å². The topological polar surface area (TPSA) is 104 Å². The Morgan fingerprint density at radius 2 is 1.76 bits per heavy atom. The van der Waals surface area contributed by atoms with Crippen LogP contribution in [0.25, 0.3) is 0 Å². The molecular weight excluding hydrogens is 468 g/mol. The predicted octanol–water partition coefficient (Wildman–Crippen LogP) is 5.14. The van der Waals surface area contributed by atoms with Crippen LogP contribution in [0.15, 0.2) is 58.7 Å². The van der Waals surface area contributed by atoms with Crippen molar-refractivity contribution in [2.75, 3.05) is 0 Å². The van der Waals surface area contributed by atoms with E-state index in [1.54, 1.807) is 0 Å². The Balaban J connectivity index is 1.92. The largest absolute Gasteiger partial charge is 0.478 e. The summed E-state index contributed by atoms with van der Waals surface area (Å²) in [6.45, 7) is 13.8. The third kappa shape index (κ3) is 4.17. The Morgan fingerprint density at radius 3 is 2.35 bits per heavy atom. The van der Waals surface area contributed by atoms with Gasteiger partial charge in [0.1, 0.15) is 6.10 Å². The number of hydrogen-bond acceptors (Lipinski definition) is 5. The third-order valence-electron chi connectivity index (χ3n) is 9.95. The number of carboxylic acid groups (broad SMARTS) is 1. The lowest BCUT2D eigenvalue weighted by Gasteiger charge is -2.63. The van der Waals surface area contributed by atoms with E-state index < -0.39 is 46.5 Å². The monoisotopic (exact) mass is 510 g/mol. The lowest BCUT2D eigenvalue weighted by atomic mass is 9.41. The number of carbonyl (C=O) groups excluding carboxylic acids is 1. The highest BCUT2D eigenvalue weighted by molar-refractivity contribution is 5.89. The van der Waals surface area contributed by atoms with E-state index in [-0.39, 0.29) is 23.3 Å². The molecule has 4 aliphatic carbocycles. The average Bonchev–Trinajstić information content (AvgIpc) is 3.05. The molecule has 0 aliphatic heterocycles. The second-order valence-electron chi connectivity index (χ2n) is 12.4. The van der Waals surface area contributed by atoms with Gasteiger partial charge in [0, 0.05) is 34.8 Å². The summed E-state index contributed by atoms with van der Waals surface area (Å²) in [4.78, 5) is 24.7. The number of hydrogen-bond donors (Lipinski definition) is 3. The minimum absolute atomic E-state index is 0.00250. The molecule has 0 aromatic heterocycles. The van der Waals surface area contributed by atoms with Gasteiger partial charge in [-0.2, -0.15) is 0 Å². The molecular formula is C31H42O6. The van der Waals surface area contributed by atoms with Crippen molar-refractivity contribution in [3.05, 3.63) is 58.7 Å². The van der Waals surface area contributed by atoms with E-state index in [2.05, 4.69) is 39.0 Å². The Kier molecular flexibility index (Phi) is 7.00. The van der Waals surface area contributed by atoms with Gasteiger partial charge in [-0.25, -0.2) is 4.79 Å². The zero-order valence-electron chi connectivity index (χ0n) is 23.1. The third-order valence-corrected chi connectivity index (χ3v) is 9.95. The minimum atomic E-state index is -1.02. The van der Waals surface area contributed by atoms with Crippen LogP contribution in [0.1, 0.15) is 67.7 Å². The van der Waals surface area contributed by atoms with Crippen molar-refractivity contribution in [2.45, 2.75) is 86.0 Å². The predicted molar refractivity (Wildman–Crippen MR) is 142 cm³/mol. The maximum absolute atomic E-state index is 12.6. The van der Waals surface area contributed by atoms with Gasteiger partial charge in [-0.05, 0) is 55.9 Å². The first-order valence-corrected chi connectivity index (χ1v) is 13.4. The average molecular weight is 511 g/mol. The van der Waals surface area contributed by atoms with Crippen molar-refractivity contribution < 1.29 is 29.6 Å². The normalized spacial score (nSPS) is 43.2.